The van der Waals surface area contributed by atoms with Crippen molar-refractivity contribution in [2.45, 2.75) is 0 Å². The van der Waals surface area contributed by atoms with Crippen LogP contribution in [-0.4, -0.2) is 16.2 Å². The quantitative estimate of drug-likeness (QED) is 0.861. The smallest absolute Gasteiger partial charge is 0.341 e. The van der Waals surface area contributed by atoms with Crippen LogP contribution in [0, 0.1) is 11.6 Å². The second-order valence-electron chi connectivity index (χ2n) is 3.64. The lowest BCUT2D eigenvalue weighted by Crippen LogP contribution is -2.05. The number of phenols is 1. The molecule has 0 spiro atoms. The van der Waals surface area contributed by atoms with E-state index in [0.29, 0.717) is 5.56 Å². The van der Waals surface area contributed by atoms with Crippen molar-refractivity contribution in [3.05, 3.63) is 53.6 Å². The number of aromatic carboxylic acids is 1. The minimum atomic E-state index is -1.66. The fraction of sp³-hybridized carbons (Fsp3) is 0. The Morgan fingerprint density at radius 1 is 1.00 bits per heavy atom. The SMILES string of the molecule is O=C(O)c1c(F)ccc(-c2ccc(O)cc2)c1F. The lowest BCUT2D eigenvalue weighted by atomic mass is 10.0. The van der Waals surface area contributed by atoms with Crippen molar-refractivity contribution in [1.82, 2.24) is 0 Å². The standard InChI is InChI=1S/C13H8F2O3/c14-10-6-5-9(12(15)11(10)13(17)18)7-1-3-8(16)4-2-7/h1-6,16H,(H,17,18). The van der Waals surface area contributed by atoms with Gasteiger partial charge in [0.15, 0.2) is 0 Å². The van der Waals surface area contributed by atoms with Crippen LogP contribution in [0.2, 0.25) is 0 Å². The fourth-order valence-corrected chi connectivity index (χ4v) is 1.61. The van der Waals surface area contributed by atoms with Crippen LogP contribution in [0.25, 0.3) is 11.1 Å². The zero-order chi connectivity index (χ0) is 13.3. The first-order chi connectivity index (χ1) is 8.50. The van der Waals surface area contributed by atoms with Gasteiger partial charge < -0.3 is 10.2 Å². The molecule has 2 aromatic rings. The van der Waals surface area contributed by atoms with E-state index in [1.165, 1.54) is 24.3 Å². The number of carboxylic acids is 1. The molecule has 0 aliphatic carbocycles. The van der Waals surface area contributed by atoms with Gasteiger partial charge in [0.05, 0.1) is 0 Å². The van der Waals surface area contributed by atoms with Crippen molar-refractivity contribution in [1.29, 1.82) is 0 Å². The number of aromatic hydroxyl groups is 1. The highest BCUT2D eigenvalue weighted by atomic mass is 19.1. The number of phenolic OH excluding ortho intramolecular Hbond substituents is 1. The Kier molecular flexibility index (Phi) is 2.97. The molecule has 0 amide bonds. The van der Waals surface area contributed by atoms with Gasteiger partial charge in [-0.25, -0.2) is 13.6 Å². The summed E-state index contributed by atoms with van der Waals surface area (Å²) in [6.45, 7) is 0. The third-order valence-electron chi connectivity index (χ3n) is 2.48. The van der Waals surface area contributed by atoms with Crippen molar-refractivity contribution < 1.29 is 23.8 Å². The summed E-state index contributed by atoms with van der Waals surface area (Å²) in [5.74, 6) is -3.92. The number of rotatable bonds is 2. The highest BCUT2D eigenvalue weighted by Gasteiger charge is 2.20. The Bertz CT molecular complexity index is 606. The summed E-state index contributed by atoms with van der Waals surface area (Å²) in [6, 6.07) is 7.55. The third-order valence-corrected chi connectivity index (χ3v) is 2.48. The van der Waals surface area contributed by atoms with Gasteiger partial charge in [-0.3, -0.25) is 0 Å². The molecule has 0 saturated carbocycles. The van der Waals surface area contributed by atoms with E-state index in [1.807, 2.05) is 0 Å². The largest absolute Gasteiger partial charge is 0.508 e. The molecule has 0 radical (unpaired) electrons. The summed E-state index contributed by atoms with van der Waals surface area (Å²) >= 11 is 0. The molecular weight excluding hydrogens is 242 g/mol. The number of carboxylic acid groups (broad SMARTS) is 1. The number of hydrogen-bond donors (Lipinski definition) is 2. The Morgan fingerprint density at radius 2 is 1.61 bits per heavy atom. The van der Waals surface area contributed by atoms with E-state index in [2.05, 4.69) is 0 Å². The zero-order valence-corrected chi connectivity index (χ0v) is 9.02. The summed E-state index contributed by atoms with van der Waals surface area (Å²) < 4.78 is 27.1. The Morgan fingerprint density at radius 3 is 2.17 bits per heavy atom. The molecule has 18 heavy (non-hydrogen) atoms. The maximum absolute atomic E-state index is 13.9. The molecule has 0 bridgehead atoms. The highest BCUT2D eigenvalue weighted by molar-refractivity contribution is 5.90. The topological polar surface area (TPSA) is 57.5 Å². The van der Waals surface area contributed by atoms with E-state index in [0.717, 1.165) is 12.1 Å². The second kappa shape index (κ2) is 4.44. The van der Waals surface area contributed by atoms with Gasteiger partial charge in [-0.05, 0) is 29.8 Å². The van der Waals surface area contributed by atoms with Crippen molar-refractivity contribution in [3.63, 3.8) is 0 Å². The number of hydrogen-bond acceptors (Lipinski definition) is 2. The van der Waals surface area contributed by atoms with E-state index >= 15 is 0 Å². The molecule has 2 N–H and O–H groups in total. The van der Waals surface area contributed by atoms with E-state index in [1.54, 1.807) is 0 Å². The molecule has 5 heteroatoms. The predicted octanol–water partition coefficient (Wildman–Crippen LogP) is 3.04. The maximum Gasteiger partial charge on any atom is 0.341 e. The lowest BCUT2D eigenvalue weighted by molar-refractivity contribution is 0.0686. The average Bonchev–Trinajstić information content (AvgIpc) is 2.30. The summed E-state index contributed by atoms with van der Waals surface area (Å²) in [6.07, 6.45) is 0. The monoisotopic (exact) mass is 250 g/mol. The number of carbonyl (C=O) groups is 1. The molecule has 3 nitrogen and oxygen atoms in total. The molecule has 2 aromatic carbocycles. The van der Waals surface area contributed by atoms with Gasteiger partial charge in [0.2, 0.25) is 0 Å². The van der Waals surface area contributed by atoms with Gasteiger partial charge in [0.1, 0.15) is 22.9 Å². The van der Waals surface area contributed by atoms with Crippen molar-refractivity contribution in [2.24, 2.45) is 0 Å². The first kappa shape index (κ1) is 12.0. The van der Waals surface area contributed by atoms with Crippen LogP contribution in [0.5, 0.6) is 5.75 Å². The number of benzene rings is 2. The van der Waals surface area contributed by atoms with Crippen LogP contribution in [0.15, 0.2) is 36.4 Å². The minimum Gasteiger partial charge on any atom is -0.508 e. The molecule has 0 aliphatic heterocycles. The predicted molar refractivity (Wildman–Crippen MR) is 60.4 cm³/mol. The fourth-order valence-electron chi connectivity index (χ4n) is 1.61. The van der Waals surface area contributed by atoms with E-state index in [9.17, 15) is 13.6 Å². The molecule has 0 fully saturated rings. The van der Waals surface area contributed by atoms with Gasteiger partial charge in [-0.1, -0.05) is 12.1 Å². The third kappa shape index (κ3) is 2.02. The summed E-state index contributed by atoms with van der Waals surface area (Å²) in [5, 5.41) is 17.9. The van der Waals surface area contributed by atoms with Crippen molar-refractivity contribution >= 4 is 5.97 Å². The highest BCUT2D eigenvalue weighted by Crippen LogP contribution is 2.27. The Labute approximate surface area is 101 Å². The average molecular weight is 250 g/mol. The Balaban J connectivity index is 2.62. The molecule has 0 atom stereocenters. The first-order valence-corrected chi connectivity index (χ1v) is 5.01. The van der Waals surface area contributed by atoms with Gasteiger partial charge in [-0.15, -0.1) is 0 Å². The van der Waals surface area contributed by atoms with Crippen molar-refractivity contribution in [3.8, 4) is 16.9 Å². The van der Waals surface area contributed by atoms with Crippen LogP contribution in [0.1, 0.15) is 10.4 Å². The molecule has 0 heterocycles. The first-order valence-electron chi connectivity index (χ1n) is 5.01. The molecule has 0 aromatic heterocycles. The van der Waals surface area contributed by atoms with Crippen LogP contribution in [0.3, 0.4) is 0 Å². The maximum atomic E-state index is 13.9. The van der Waals surface area contributed by atoms with Gasteiger partial charge >= 0.3 is 5.97 Å². The molecule has 92 valence electrons. The van der Waals surface area contributed by atoms with E-state index < -0.39 is 23.2 Å². The minimum absolute atomic E-state index is 0.000252. The second-order valence-corrected chi connectivity index (χ2v) is 3.64. The van der Waals surface area contributed by atoms with E-state index in [4.69, 9.17) is 10.2 Å². The molecular formula is C13H8F2O3. The summed E-state index contributed by atoms with van der Waals surface area (Å²) in [5.41, 5.74) is -0.665. The van der Waals surface area contributed by atoms with Gasteiger partial charge in [0, 0.05) is 5.56 Å². The molecule has 0 aliphatic rings. The van der Waals surface area contributed by atoms with Crippen LogP contribution >= 0.6 is 0 Å². The van der Waals surface area contributed by atoms with Crippen LogP contribution in [-0.2, 0) is 0 Å². The van der Waals surface area contributed by atoms with Gasteiger partial charge in [-0.2, -0.15) is 0 Å². The van der Waals surface area contributed by atoms with Crippen LogP contribution in [0.4, 0.5) is 8.78 Å². The number of halogens is 2. The molecule has 0 saturated heterocycles. The van der Waals surface area contributed by atoms with Crippen LogP contribution < -0.4 is 0 Å². The summed E-state index contributed by atoms with van der Waals surface area (Å²) in [4.78, 5) is 10.8. The molecule has 2 rings (SSSR count). The normalized spacial score (nSPS) is 10.3. The van der Waals surface area contributed by atoms with Crippen molar-refractivity contribution in [2.75, 3.05) is 0 Å². The summed E-state index contributed by atoms with van der Waals surface area (Å²) in [7, 11) is 0. The zero-order valence-electron chi connectivity index (χ0n) is 9.02. The Hall–Kier alpha value is -2.43. The van der Waals surface area contributed by atoms with Gasteiger partial charge in [0.25, 0.3) is 0 Å². The lowest BCUT2D eigenvalue weighted by Gasteiger charge is -2.07. The molecule has 0 unspecified atom stereocenters. The van der Waals surface area contributed by atoms with E-state index in [-0.39, 0.29) is 11.3 Å².